The van der Waals surface area contributed by atoms with Gasteiger partial charge in [0, 0.05) is 10.2 Å². The van der Waals surface area contributed by atoms with E-state index in [-0.39, 0.29) is 10.7 Å². The van der Waals surface area contributed by atoms with Gasteiger partial charge in [0.1, 0.15) is 11.6 Å². The van der Waals surface area contributed by atoms with Gasteiger partial charge in [-0.2, -0.15) is 0 Å². The van der Waals surface area contributed by atoms with E-state index in [1.807, 2.05) is 0 Å². The molecule has 3 nitrogen and oxygen atoms in total. The lowest BCUT2D eigenvalue weighted by Gasteiger charge is -2.11. The van der Waals surface area contributed by atoms with Crippen LogP contribution in [0.4, 0.5) is 25.0 Å². The molecule has 0 bridgehead atoms. The molecule has 2 amide bonds. The van der Waals surface area contributed by atoms with Crippen LogP contribution in [0.25, 0.3) is 0 Å². The van der Waals surface area contributed by atoms with Crippen LogP contribution in [0.5, 0.6) is 0 Å². The zero-order valence-electron chi connectivity index (χ0n) is 9.88. The molecule has 0 spiro atoms. The molecule has 0 saturated heterocycles. The lowest BCUT2D eigenvalue weighted by molar-refractivity contribution is 0.262. The number of anilines is 2. The maximum Gasteiger partial charge on any atom is 0.323 e. The van der Waals surface area contributed by atoms with Gasteiger partial charge in [0.25, 0.3) is 0 Å². The highest BCUT2D eigenvalue weighted by molar-refractivity contribution is 9.10. The molecule has 0 radical (unpaired) electrons. The smallest absolute Gasteiger partial charge is 0.308 e. The summed E-state index contributed by atoms with van der Waals surface area (Å²) < 4.78 is 26.1. The van der Waals surface area contributed by atoms with Crippen molar-refractivity contribution in [1.82, 2.24) is 0 Å². The van der Waals surface area contributed by atoms with E-state index in [1.165, 1.54) is 30.3 Å². The average Bonchev–Trinajstić information content (AvgIpc) is 2.36. The first kappa shape index (κ1) is 14.7. The van der Waals surface area contributed by atoms with Gasteiger partial charge in [-0.3, -0.25) is 0 Å². The lowest BCUT2D eigenvalue weighted by Crippen LogP contribution is -2.20. The first-order chi connectivity index (χ1) is 9.45. The van der Waals surface area contributed by atoms with Crippen LogP contribution in [-0.4, -0.2) is 6.03 Å². The number of urea groups is 1. The van der Waals surface area contributed by atoms with Crippen LogP contribution in [0.2, 0.25) is 5.02 Å². The second-order valence-electron chi connectivity index (χ2n) is 3.83. The molecule has 2 aromatic carbocycles. The molecule has 104 valence electrons. The van der Waals surface area contributed by atoms with Gasteiger partial charge in [-0.1, -0.05) is 11.6 Å². The van der Waals surface area contributed by atoms with Gasteiger partial charge < -0.3 is 10.6 Å². The third-order valence-corrected chi connectivity index (χ3v) is 3.27. The van der Waals surface area contributed by atoms with Crippen LogP contribution in [0.15, 0.2) is 40.9 Å². The number of hydrogen-bond acceptors (Lipinski definition) is 1. The fourth-order valence-corrected chi connectivity index (χ4v) is 2.37. The average molecular weight is 362 g/mol. The number of hydrogen-bond donors (Lipinski definition) is 2. The lowest BCUT2D eigenvalue weighted by atomic mass is 10.3. The van der Waals surface area contributed by atoms with Crippen molar-refractivity contribution < 1.29 is 13.6 Å². The first-order valence-corrected chi connectivity index (χ1v) is 6.61. The summed E-state index contributed by atoms with van der Waals surface area (Å²) in [4.78, 5) is 11.8. The van der Waals surface area contributed by atoms with Crippen LogP contribution in [0.3, 0.4) is 0 Å². The Balaban J connectivity index is 2.10. The molecular weight excluding hydrogens is 354 g/mol. The van der Waals surface area contributed by atoms with Crippen LogP contribution in [0.1, 0.15) is 0 Å². The monoisotopic (exact) mass is 360 g/mol. The van der Waals surface area contributed by atoms with E-state index in [9.17, 15) is 13.6 Å². The molecule has 2 N–H and O–H groups in total. The molecule has 2 rings (SSSR count). The Morgan fingerprint density at radius 2 is 1.70 bits per heavy atom. The van der Waals surface area contributed by atoms with Gasteiger partial charge in [-0.25, -0.2) is 13.6 Å². The number of rotatable bonds is 2. The van der Waals surface area contributed by atoms with Crippen LogP contribution >= 0.6 is 27.5 Å². The minimum Gasteiger partial charge on any atom is -0.308 e. The van der Waals surface area contributed by atoms with E-state index < -0.39 is 17.7 Å². The highest BCUT2D eigenvalue weighted by Crippen LogP contribution is 2.31. The van der Waals surface area contributed by atoms with Crippen LogP contribution < -0.4 is 10.6 Å². The molecule has 0 fully saturated rings. The topological polar surface area (TPSA) is 41.1 Å². The predicted octanol–water partition coefficient (Wildman–Crippen LogP) is 5.02. The van der Waals surface area contributed by atoms with Gasteiger partial charge in [-0.05, 0) is 52.3 Å². The quantitative estimate of drug-likeness (QED) is 0.774. The molecule has 0 saturated carbocycles. The molecule has 2 aromatic rings. The second kappa shape index (κ2) is 6.19. The van der Waals surface area contributed by atoms with Crippen molar-refractivity contribution in [3.63, 3.8) is 0 Å². The number of amides is 2. The number of carbonyl (C=O) groups excluding carboxylic acids is 1. The highest BCUT2D eigenvalue weighted by atomic mass is 79.9. The number of benzene rings is 2. The number of nitrogens with one attached hydrogen (secondary N) is 2. The van der Waals surface area contributed by atoms with E-state index in [0.29, 0.717) is 10.2 Å². The number of carbonyl (C=O) groups is 1. The Hall–Kier alpha value is -1.66. The molecule has 0 aromatic heterocycles. The van der Waals surface area contributed by atoms with Crippen molar-refractivity contribution in [2.75, 3.05) is 10.6 Å². The Bertz CT molecular complexity index is 626. The fraction of sp³-hybridized carbons (Fsp3) is 0. The summed E-state index contributed by atoms with van der Waals surface area (Å²) in [6.45, 7) is 0. The second-order valence-corrected chi connectivity index (χ2v) is 5.09. The van der Waals surface area contributed by atoms with Gasteiger partial charge in [0.05, 0.1) is 10.7 Å². The van der Waals surface area contributed by atoms with Crippen molar-refractivity contribution in [2.45, 2.75) is 0 Å². The van der Waals surface area contributed by atoms with Gasteiger partial charge in [0.15, 0.2) is 0 Å². The molecule has 0 atom stereocenters. The summed E-state index contributed by atoms with van der Waals surface area (Å²) in [7, 11) is 0. The molecular formula is C13H8BrClF2N2O. The highest BCUT2D eigenvalue weighted by Gasteiger charge is 2.11. The van der Waals surface area contributed by atoms with Gasteiger partial charge in [-0.15, -0.1) is 0 Å². The zero-order valence-corrected chi connectivity index (χ0v) is 12.2. The van der Waals surface area contributed by atoms with Crippen molar-refractivity contribution in [3.05, 3.63) is 57.5 Å². The molecule has 0 aliphatic rings. The summed E-state index contributed by atoms with van der Waals surface area (Å²) >= 11 is 8.95. The van der Waals surface area contributed by atoms with Crippen LogP contribution in [-0.2, 0) is 0 Å². The third kappa shape index (κ3) is 3.68. The predicted molar refractivity (Wildman–Crippen MR) is 78.2 cm³/mol. The SMILES string of the molecule is O=C(Nc1ccc(F)cc1)Nc1c(Cl)cc(F)cc1Br. The van der Waals surface area contributed by atoms with E-state index >= 15 is 0 Å². The zero-order chi connectivity index (χ0) is 14.7. The van der Waals surface area contributed by atoms with E-state index in [0.717, 1.165) is 6.07 Å². The molecule has 0 unspecified atom stereocenters. The maximum absolute atomic E-state index is 13.1. The maximum atomic E-state index is 13.1. The van der Waals surface area contributed by atoms with Crippen molar-refractivity contribution >= 4 is 44.9 Å². The molecule has 0 heterocycles. The molecule has 7 heteroatoms. The minimum absolute atomic E-state index is 0.0612. The molecule has 20 heavy (non-hydrogen) atoms. The Morgan fingerprint density at radius 1 is 1.05 bits per heavy atom. The van der Waals surface area contributed by atoms with Crippen LogP contribution in [0, 0.1) is 11.6 Å². The van der Waals surface area contributed by atoms with Crippen molar-refractivity contribution in [2.24, 2.45) is 0 Å². The molecule has 0 aliphatic carbocycles. The summed E-state index contributed by atoms with van der Waals surface area (Å²) in [5, 5.41) is 5.04. The Labute approximate surface area is 127 Å². The van der Waals surface area contributed by atoms with E-state index in [1.54, 1.807) is 0 Å². The Morgan fingerprint density at radius 3 is 2.30 bits per heavy atom. The fourth-order valence-electron chi connectivity index (χ4n) is 1.47. The van der Waals surface area contributed by atoms with Gasteiger partial charge >= 0.3 is 6.03 Å². The van der Waals surface area contributed by atoms with Gasteiger partial charge in [0.2, 0.25) is 0 Å². The molecule has 0 aliphatic heterocycles. The largest absolute Gasteiger partial charge is 0.323 e. The summed E-state index contributed by atoms with van der Waals surface area (Å²) in [5.74, 6) is -0.924. The number of halogens is 4. The van der Waals surface area contributed by atoms with Crippen molar-refractivity contribution in [3.8, 4) is 0 Å². The minimum atomic E-state index is -0.578. The van der Waals surface area contributed by atoms with Crippen molar-refractivity contribution in [1.29, 1.82) is 0 Å². The summed E-state index contributed by atoms with van der Waals surface area (Å²) in [5.41, 5.74) is 0.658. The van der Waals surface area contributed by atoms with E-state index in [2.05, 4.69) is 26.6 Å². The summed E-state index contributed by atoms with van der Waals surface area (Å²) in [6, 6.07) is 6.95. The standard InChI is InChI=1S/C13H8BrClF2N2O/c14-10-5-8(17)6-11(15)12(10)19-13(20)18-9-3-1-7(16)2-4-9/h1-6H,(H2,18,19,20). The van der Waals surface area contributed by atoms with E-state index in [4.69, 9.17) is 11.6 Å². The Kier molecular flexibility index (Phi) is 4.57. The third-order valence-electron chi connectivity index (χ3n) is 2.35. The summed E-state index contributed by atoms with van der Waals surface area (Å²) in [6.07, 6.45) is 0. The first-order valence-electron chi connectivity index (χ1n) is 5.44. The normalized spacial score (nSPS) is 10.2.